The first-order chi connectivity index (χ1) is 12.6. The van der Waals surface area contributed by atoms with Gasteiger partial charge < -0.3 is 10.2 Å². The smallest absolute Gasteiger partial charge is 0.243 e. The molecule has 2 unspecified atom stereocenters. The van der Waals surface area contributed by atoms with Gasteiger partial charge in [0.05, 0.1) is 0 Å². The van der Waals surface area contributed by atoms with Crippen LogP contribution in [0.15, 0.2) is 12.1 Å². The fourth-order valence-electron chi connectivity index (χ4n) is 4.41. The number of aromatic nitrogens is 5. The Bertz CT molecular complexity index is 948. The number of nitrogens with one attached hydrogen (secondary N) is 1. The lowest BCUT2D eigenvalue weighted by Gasteiger charge is -2.37. The molecule has 0 spiro atoms. The van der Waals surface area contributed by atoms with Crippen LogP contribution in [-0.2, 0) is 0 Å². The van der Waals surface area contributed by atoms with E-state index in [9.17, 15) is 0 Å². The predicted octanol–water partition coefficient (Wildman–Crippen LogP) is 2.83. The van der Waals surface area contributed by atoms with Gasteiger partial charge in [0.15, 0.2) is 5.65 Å². The van der Waals surface area contributed by atoms with Crippen LogP contribution in [0.4, 0.5) is 11.1 Å². The Labute approximate surface area is 156 Å². The van der Waals surface area contributed by atoms with Crippen molar-refractivity contribution in [1.82, 2.24) is 24.0 Å². The van der Waals surface area contributed by atoms with Gasteiger partial charge in [0.2, 0.25) is 11.1 Å². The van der Waals surface area contributed by atoms with Crippen molar-refractivity contribution in [1.29, 1.82) is 0 Å². The van der Waals surface area contributed by atoms with E-state index in [1.807, 2.05) is 17.5 Å². The molecule has 0 amide bonds. The van der Waals surface area contributed by atoms with Gasteiger partial charge in [0.1, 0.15) is 5.82 Å². The molecule has 26 heavy (non-hydrogen) atoms. The Kier molecular flexibility index (Phi) is 3.63. The van der Waals surface area contributed by atoms with E-state index in [1.54, 1.807) is 0 Å². The molecule has 2 bridgehead atoms. The SMILES string of the molecule is Cc1nsc(N2CC3CCC(C2)C3Nc2nc3ccc(C)c(C)n3n2)n1. The standard InChI is InChI=1S/C18H23N7S/c1-10-4-7-15-20-17(22-25(15)11(10)2)21-16-13-5-6-14(16)9-24(8-13)18-19-12(3)23-26-18/h4,7,13-14,16H,5-6,8-9H2,1-3H3,(H,21,22). The maximum atomic E-state index is 4.70. The molecule has 5 rings (SSSR count). The summed E-state index contributed by atoms with van der Waals surface area (Å²) in [6.07, 6.45) is 2.50. The minimum absolute atomic E-state index is 0.444. The average Bonchev–Trinajstić information content (AvgIpc) is 3.29. The molecule has 3 aromatic rings. The Balaban J connectivity index is 1.36. The quantitative estimate of drug-likeness (QED) is 0.765. The Hall–Kier alpha value is -2.22. The van der Waals surface area contributed by atoms with Crippen LogP contribution < -0.4 is 10.2 Å². The highest BCUT2D eigenvalue weighted by molar-refractivity contribution is 7.09. The topological polar surface area (TPSA) is 71.2 Å². The molecular formula is C18H23N7S. The molecule has 2 aliphatic rings. The molecule has 136 valence electrons. The first kappa shape index (κ1) is 16.0. The summed E-state index contributed by atoms with van der Waals surface area (Å²) in [7, 11) is 0. The molecule has 8 heteroatoms. The van der Waals surface area contributed by atoms with E-state index in [0.29, 0.717) is 17.9 Å². The van der Waals surface area contributed by atoms with Crippen LogP contribution in [0.3, 0.4) is 0 Å². The van der Waals surface area contributed by atoms with Crippen LogP contribution in [0, 0.1) is 32.6 Å². The van der Waals surface area contributed by atoms with E-state index >= 15 is 0 Å². The number of nitrogens with zero attached hydrogens (tertiary/aromatic N) is 6. The second-order valence-corrected chi connectivity index (χ2v) is 8.33. The van der Waals surface area contributed by atoms with Gasteiger partial charge in [0, 0.05) is 36.4 Å². The van der Waals surface area contributed by atoms with Crippen LogP contribution >= 0.6 is 11.5 Å². The molecule has 1 N–H and O–H groups in total. The molecular weight excluding hydrogens is 346 g/mol. The fraction of sp³-hybridized carbons (Fsp3) is 0.556. The highest BCUT2D eigenvalue weighted by atomic mass is 32.1. The van der Waals surface area contributed by atoms with E-state index in [0.717, 1.165) is 41.3 Å². The van der Waals surface area contributed by atoms with Gasteiger partial charge >= 0.3 is 0 Å². The van der Waals surface area contributed by atoms with Gasteiger partial charge in [-0.3, -0.25) is 0 Å². The summed E-state index contributed by atoms with van der Waals surface area (Å²) in [6.45, 7) is 8.23. The van der Waals surface area contributed by atoms with Crippen molar-refractivity contribution in [3.8, 4) is 0 Å². The van der Waals surface area contributed by atoms with Crippen molar-refractivity contribution in [2.45, 2.75) is 39.7 Å². The van der Waals surface area contributed by atoms with E-state index in [-0.39, 0.29) is 0 Å². The fourth-order valence-corrected chi connectivity index (χ4v) is 5.10. The van der Waals surface area contributed by atoms with E-state index in [1.165, 1.54) is 29.9 Å². The largest absolute Gasteiger partial charge is 0.349 e. The van der Waals surface area contributed by atoms with Gasteiger partial charge in [0.25, 0.3) is 0 Å². The maximum absolute atomic E-state index is 4.70. The summed E-state index contributed by atoms with van der Waals surface area (Å²) >= 11 is 1.52. The molecule has 4 heterocycles. The molecule has 7 nitrogen and oxygen atoms in total. The molecule has 2 atom stereocenters. The van der Waals surface area contributed by atoms with Crippen molar-refractivity contribution in [3.05, 3.63) is 29.2 Å². The number of fused-ring (bicyclic) bond motifs is 3. The predicted molar refractivity (Wildman–Crippen MR) is 103 cm³/mol. The van der Waals surface area contributed by atoms with Crippen molar-refractivity contribution in [2.75, 3.05) is 23.3 Å². The van der Waals surface area contributed by atoms with E-state index in [2.05, 4.69) is 39.5 Å². The number of hydrogen-bond donors (Lipinski definition) is 1. The summed E-state index contributed by atoms with van der Waals surface area (Å²) in [5.74, 6) is 2.83. The molecule has 1 saturated heterocycles. The van der Waals surface area contributed by atoms with E-state index < -0.39 is 0 Å². The summed E-state index contributed by atoms with van der Waals surface area (Å²) in [6, 6.07) is 4.59. The number of pyridine rings is 1. The van der Waals surface area contributed by atoms with Gasteiger partial charge in [-0.1, -0.05) is 6.07 Å². The molecule has 3 aromatic heterocycles. The van der Waals surface area contributed by atoms with Crippen molar-refractivity contribution >= 4 is 28.3 Å². The number of hydrogen-bond acceptors (Lipinski definition) is 7. The third-order valence-electron chi connectivity index (χ3n) is 5.92. The normalized spacial score (nSPS) is 25.2. The van der Waals surface area contributed by atoms with Gasteiger partial charge in [-0.15, -0.1) is 5.10 Å². The lowest BCUT2D eigenvalue weighted by Crippen LogP contribution is -2.48. The van der Waals surface area contributed by atoms with E-state index in [4.69, 9.17) is 10.1 Å². The Morgan fingerprint density at radius 1 is 1.08 bits per heavy atom. The summed E-state index contributed by atoms with van der Waals surface area (Å²) in [5.41, 5.74) is 3.28. The van der Waals surface area contributed by atoms with Crippen LogP contribution in [0.2, 0.25) is 0 Å². The second kappa shape index (κ2) is 5.90. The third kappa shape index (κ3) is 2.55. The Morgan fingerprint density at radius 2 is 1.85 bits per heavy atom. The molecule has 1 aliphatic carbocycles. The minimum atomic E-state index is 0.444. The zero-order valence-corrected chi connectivity index (χ0v) is 16.1. The average molecular weight is 369 g/mol. The van der Waals surface area contributed by atoms with Crippen LogP contribution in [0.5, 0.6) is 0 Å². The number of anilines is 2. The van der Waals surface area contributed by atoms with Crippen LogP contribution in [0.25, 0.3) is 5.65 Å². The monoisotopic (exact) mass is 369 g/mol. The third-order valence-corrected chi connectivity index (χ3v) is 6.79. The van der Waals surface area contributed by atoms with Crippen LogP contribution in [0.1, 0.15) is 29.9 Å². The minimum Gasteiger partial charge on any atom is -0.349 e. The highest BCUT2D eigenvalue weighted by Gasteiger charge is 2.43. The van der Waals surface area contributed by atoms with Gasteiger partial charge in [-0.05, 0) is 57.1 Å². The zero-order valence-electron chi connectivity index (χ0n) is 15.3. The summed E-state index contributed by atoms with van der Waals surface area (Å²) in [5, 5.41) is 9.42. The highest BCUT2D eigenvalue weighted by Crippen LogP contribution is 2.40. The maximum Gasteiger partial charge on any atom is 0.243 e. The lowest BCUT2D eigenvalue weighted by molar-refractivity contribution is 0.376. The lowest BCUT2D eigenvalue weighted by atomic mass is 9.92. The van der Waals surface area contributed by atoms with Gasteiger partial charge in [-0.2, -0.15) is 9.36 Å². The molecule has 1 aliphatic heterocycles. The van der Waals surface area contributed by atoms with Crippen LogP contribution in [-0.4, -0.2) is 43.1 Å². The first-order valence-electron chi connectivity index (χ1n) is 9.23. The molecule has 0 radical (unpaired) electrons. The Morgan fingerprint density at radius 3 is 2.54 bits per heavy atom. The molecule has 2 fully saturated rings. The number of piperidine rings is 1. The number of aryl methyl sites for hydroxylation is 3. The first-order valence-corrected chi connectivity index (χ1v) is 10.0. The summed E-state index contributed by atoms with van der Waals surface area (Å²) < 4.78 is 6.28. The number of rotatable bonds is 3. The molecule has 0 aromatic carbocycles. The van der Waals surface area contributed by atoms with Gasteiger partial charge in [-0.25, -0.2) is 9.50 Å². The summed E-state index contributed by atoms with van der Waals surface area (Å²) in [4.78, 5) is 11.7. The second-order valence-electron chi connectivity index (χ2n) is 7.60. The van der Waals surface area contributed by atoms with Crippen molar-refractivity contribution in [3.63, 3.8) is 0 Å². The zero-order chi connectivity index (χ0) is 17.8. The van der Waals surface area contributed by atoms with Crippen molar-refractivity contribution in [2.24, 2.45) is 11.8 Å². The molecule has 1 saturated carbocycles. The van der Waals surface area contributed by atoms with Crippen molar-refractivity contribution < 1.29 is 0 Å².